The van der Waals surface area contributed by atoms with E-state index >= 15 is 0 Å². The Labute approximate surface area is 135 Å². The van der Waals surface area contributed by atoms with E-state index in [0.29, 0.717) is 0 Å². The van der Waals surface area contributed by atoms with Crippen molar-refractivity contribution in [2.45, 2.75) is 51.7 Å². The molecule has 22 heavy (non-hydrogen) atoms. The lowest BCUT2D eigenvalue weighted by molar-refractivity contribution is 0.136. The molecule has 1 saturated heterocycles. The molecule has 3 nitrogen and oxygen atoms in total. The Bertz CT molecular complexity index is 473. The summed E-state index contributed by atoms with van der Waals surface area (Å²) in [7, 11) is 1.76. The Balaban J connectivity index is 2.03. The first kappa shape index (κ1) is 17.0. The number of piperidine rings is 1. The van der Waals surface area contributed by atoms with E-state index in [9.17, 15) is 0 Å². The highest BCUT2D eigenvalue weighted by atomic mass is 16.5. The average molecular weight is 302 g/mol. The van der Waals surface area contributed by atoms with Gasteiger partial charge in [-0.2, -0.15) is 0 Å². The lowest BCUT2D eigenvalue weighted by atomic mass is 9.99. The zero-order chi connectivity index (χ0) is 15.8. The topological polar surface area (TPSA) is 24.5 Å². The molecule has 0 radical (unpaired) electrons. The van der Waals surface area contributed by atoms with Gasteiger partial charge in [0.15, 0.2) is 0 Å². The van der Waals surface area contributed by atoms with Gasteiger partial charge in [-0.3, -0.25) is 4.90 Å². The van der Waals surface area contributed by atoms with E-state index in [4.69, 9.17) is 4.74 Å². The number of nitrogens with one attached hydrogen (secondary N) is 1. The van der Waals surface area contributed by atoms with Crippen molar-refractivity contribution in [1.82, 2.24) is 10.2 Å². The Kier molecular flexibility index (Phi) is 6.94. The standard InChI is InChI=1S/C19H30N2O/c1-4-11-20-14-17-10-9-16(13-19(17)22-3)15-21-12-7-6-8-18(21)5-2/h4,9-10,13,18,20H,1,5-8,11-12,14-15H2,2-3H3. The van der Waals surface area contributed by atoms with Crippen LogP contribution in [-0.4, -0.2) is 31.1 Å². The van der Waals surface area contributed by atoms with Gasteiger partial charge in [-0.15, -0.1) is 6.58 Å². The minimum atomic E-state index is 0.744. The minimum Gasteiger partial charge on any atom is -0.496 e. The largest absolute Gasteiger partial charge is 0.496 e. The highest BCUT2D eigenvalue weighted by Crippen LogP contribution is 2.25. The van der Waals surface area contributed by atoms with Gasteiger partial charge in [-0.1, -0.05) is 31.6 Å². The van der Waals surface area contributed by atoms with Gasteiger partial charge in [0, 0.05) is 31.2 Å². The lowest BCUT2D eigenvalue weighted by Gasteiger charge is -2.35. The van der Waals surface area contributed by atoms with Gasteiger partial charge in [-0.05, 0) is 37.4 Å². The number of benzene rings is 1. The predicted octanol–water partition coefficient (Wildman–Crippen LogP) is 3.74. The average Bonchev–Trinajstić information content (AvgIpc) is 2.56. The van der Waals surface area contributed by atoms with Crippen molar-refractivity contribution in [3.8, 4) is 5.75 Å². The Morgan fingerprint density at radius 2 is 2.27 bits per heavy atom. The first-order valence-corrected chi connectivity index (χ1v) is 8.50. The lowest BCUT2D eigenvalue weighted by Crippen LogP contribution is -2.38. The van der Waals surface area contributed by atoms with Crippen LogP contribution in [0.4, 0.5) is 0 Å². The molecular weight excluding hydrogens is 272 g/mol. The highest BCUT2D eigenvalue weighted by molar-refractivity contribution is 5.37. The number of ether oxygens (including phenoxy) is 1. The third-order valence-corrected chi connectivity index (χ3v) is 4.56. The number of nitrogens with zero attached hydrogens (tertiary/aromatic N) is 1. The quantitative estimate of drug-likeness (QED) is 0.585. The van der Waals surface area contributed by atoms with E-state index in [1.165, 1.54) is 43.4 Å². The normalized spacial score (nSPS) is 19.1. The van der Waals surface area contributed by atoms with Crippen molar-refractivity contribution in [3.05, 3.63) is 42.0 Å². The molecule has 3 heteroatoms. The van der Waals surface area contributed by atoms with Gasteiger partial charge in [0.05, 0.1) is 7.11 Å². The van der Waals surface area contributed by atoms with Gasteiger partial charge >= 0.3 is 0 Å². The van der Waals surface area contributed by atoms with Crippen molar-refractivity contribution in [3.63, 3.8) is 0 Å². The number of likely N-dealkylation sites (tertiary alicyclic amines) is 1. The first-order chi connectivity index (χ1) is 10.8. The second kappa shape index (κ2) is 8.96. The van der Waals surface area contributed by atoms with Gasteiger partial charge in [0.2, 0.25) is 0 Å². The summed E-state index contributed by atoms with van der Waals surface area (Å²) in [4.78, 5) is 2.63. The van der Waals surface area contributed by atoms with Crippen LogP contribution in [0.5, 0.6) is 5.75 Å². The summed E-state index contributed by atoms with van der Waals surface area (Å²) in [5.41, 5.74) is 2.56. The molecule has 122 valence electrons. The molecule has 1 N–H and O–H groups in total. The molecule has 2 rings (SSSR count). The predicted molar refractivity (Wildman–Crippen MR) is 93.2 cm³/mol. The summed E-state index contributed by atoms with van der Waals surface area (Å²) in [5, 5.41) is 3.33. The van der Waals surface area contributed by atoms with E-state index in [-0.39, 0.29) is 0 Å². The summed E-state index contributed by atoms with van der Waals surface area (Å²) in [5.74, 6) is 0.985. The number of methoxy groups -OCH3 is 1. The van der Waals surface area contributed by atoms with Gasteiger partial charge in [0.1, 0.15) is 5.75 Å². The molecule has 1 unspecified atom stereocenters. The van der Waals surface area contributed by atoms with Crippen LogP contribution in [0.1, 0.15) is 43.7 Å². The SMILES string of the molecule is C=CCNCc1ccc(CN2CCCCC2CC)cc1OC. The zero-order valence-electron chi connectivity index (χ0n) is 14.1. The van der Waals surface area contributed by atoms with Gasteiger partial charge in [-0.25, -0.2) is 0 Å². The van der Waals surface area contributed by atoms with Crippen LogP contribution in [0.2, 0.25) is 0 Å². The summed E-state index contributed by atoms with van der Waals surface area (Å²) < 4.78 is 5.57. The summed E-state index contributed by atoms with van der Waals surface area (Å²) in [6.45, 7) is 9.93. The van der Waals surface area contributed by atoms with Crippen molar-refractivity contribution >= 4 is 0 Å². The van der Waals surface area contributed by atoms with E-state index in [2.05, 4.69) is 41.9 Å². The monoisotopic (exact) mass is 302 g/mol. The minimum absolute atomic E-state index is 0.744. The molecule has 0 saturated carbocycles. The van der Waals surface area contributed by atoms with Crippen LogP contribution in [0.3, 0.4) is 0 Å². The zero-order valence-corrected chi connectivity index (χ0v) is 14.1. The fourth-order valence-corrected chi connectivity index (χ4v) is 3.31. The van der Waals surface area contributed by atoms with Crippen molar-refractivity contribution in [2.75, 3.05) is 20.2 Å². The summed E-state index contributed by atoms with van der Waals surface area (Å²) in [6, 6.07) is 7.38. The molecule has 0 aliphatic carbocycles. The molecule has 1 atom stereocenters. The highest BCUT2D eigenvalue weighted by Gasteiger charge is 2.20. The molecule has 1 heterocycles. The van der Waals surface area contributed by atoms with Gasteiger partial charge < -0.3 is 10.1 Å². The third-order valence-electron chi connectivity index (χ3n) is 4.56. The fourth-order valence-electron chi connectivity index (χ4n) is 3.31. The fraction of sp³-hybridized carbons (Fsp3) is 0.579. The number of hydrogen-bond donors (Lipinski definition) is 1. The molecule has 0 amide bonds. The van der Waals surface area contributed by atoms with Crippen LogP contribution in [0.15, 0.2) is 30.9 Å². The van der Waals surface area contributed by atoms with Crippen LogP contribution in [0.25, 0.3) is 0 Å². The Morgan fingerprint density at radius 3 is 3.00 bits per heavy atom. The molecule has 1 aromatic rings. The van der Waals surface area contributed by atoms with E-state index < -0.39 is 0 Å². The van der Waals surface area contributed by atoms with Gasteiger partial charge in [0.25, 0.3) is 0 Å². The number of rotatable bonds is 8. The van der Waals surface area contributed by atoms with E-state index in [0.717, 1.165) is 31.4 Å². The smallest absolute Gasteiger partial charge is 0.123 e. The first-order valence-electron chi connectivity index (χ1n) is 8.50. The molecule has 1 aromatic carbocycles. The van der Waals surface area contributed by atoms with Crippen LogP contribution >= 0.6 is 0 Å². The molecule has 1 aliphatic heterocycles. The van der Waals surface area contributed by atoms with Crippen LogP contribution in [-0.2, 0) is 13.1 Å². The molecule has 0 bridgehead atoms. The molecule has 0 aromatic heterocycles. The number of hydrogen-bond acceptors (Lipinski definition) is 3. The molecule has 0 spiro atoms. The molecule has 1 fully saturated rings. The second-order valence-corrected chi connectivity index (χ2v) is 6.09. The maximum atomic E-state index is 5.57. The Morgan fingerprint density at radius 1 is 1.41 bits per heavy atom. The van der Waals surface area contributed by atoms with E-state index in [1.54, 1.807) is 7.11 Å². The summed E-state index contributed by atoms with van der Waals surface area (Å²) in [6.07, 6.45) is 7.18. The third kappa shape index (κ3) is 4.59. The van der Waals surface area contributed by atoms with Crippen LogP contribution < -0.4 is 10.1 Å². The maximum Gasteiger partial charge on any atom is 0.123 e. The van der Waals surface area contributed by atoms with Crippen molar-refractivity contribution < 1.29 is 4.74 Å². The van der Waals surface area contributed by atoms with Crippen molar-refractivity contribution in [2.24, 2.45) is 0 Å². The summed E-state index contributed by atoms with van der Waals surface area (Å²) >= 11 is 0. The second-order valence-electron chi connectivity index (χ2n) is 6.09. The van der Waals surface area contributed by atoms with Crippen molar-refractivity contribution in [1.29, 1.82) is 0 Å². The van der Waals surface area contributed by atoms with E-state index in [1.807, 2.05) is 6.08 Å². The van der Waals surface area contributed by atoms with Crippen LogP contribution in [0, 0.1) is 0 Å². The maximum absolute atomic E-state index is 5.57. The molecular formula is C19H30N2O. The Hall–Kier alpha value is -1.32. The molecule has 1 aliphatic rings.